The first-order chi connectivity index (χ1) is 22.9. The van der Waals surface area contributed by atoms with Crippen LogP contribution in [0.2, 0.25) is 0 Å². The molecule has 47 heavy (non-hydrogen) atoms. The molecule has 2 aromatic carbocycles. The Morgan fingerprint density at radius 1 is 1.06 bits per heavy atom. The number of nitrogens with zero attached hydrogens (tertiary/aromatic N) is 4. The lowest BCUT2D eigenvalue weighted by molar-refractivity contribution is -0.142. The fraction of sp³-hybridized carbons (Fsp3) is 0.457. The van der Waals surface area contributed by atoms with Gasteiger partial charge in [-0.25, -0.2) is 9.97 Å². The molecule has 0 amide bonds. The minimum absolute atomic E-state index is 0.175. The number of aromatic nitrogens is 3. The van der Waals surface area contributed by atoms with Crippen LogP contribution in [-0.4, -0.2) is 101 Å². The number of nitrogens with two attached hydrogens (primary N) is 1. The Morgan fingerprint density at radius 2 is 1.87 bits per heavy atom. The van der Waals surface area contributed by atoms with Crippen LogP contribution in [0, 0.1) is 5.92 Å². The third-order valence-corrected chi connectivity index (χ3v) is 8.92. The number of benzene rings is 2. The number of fused-ring (bicyclic) bond motifs is 1. The molecule has 4 aromatic rings. The van der Waals surface area contributed by atoms with Crippen LogP contribution in [0.1, 0.15) is 30.9 Å². The van der Waals surface area contributed by atoms with Crippen LogP contribution in [0.5, 0.6) is 11.5 Å². The topological polar surface area (TPSA) is 160 Å². The second kappa shape index (κ2) is 16.7. The highest BCUT2D eigenvalue weighted by Gasteiger charge is 2.43. The van der Waals surface area contributed by atoms with Crippen molar-refractivity contribution in [3.63, 3.8) is 0 Å². The molecule has 2 heterocycles. The quantitative estimate of drug-likeness (QED) is 0.0849. The van der Waals surface area contributed by atoms with Gasteiger partial charge in [0, 0.05) is 32.3 Å². The van der Waals surface area contributed by atoms with Crippen molar-refractivity contribution in [2.45, 2.75) is 50.0 Å². The third-order valence-electron chi connectivity index (χ3n) is 8.92. The molecule has 0 unspecified atom stereocenters. The van der Waals surface area contributed by atoms with E-state index in [0.29, 0.717) is 37.4 Å². The van der Waals surface area contributed by atoms with Gasteiger partial charge in [-0.15, -0.1) is 0 Å². The minimum atomic E-state index is -0.943. The van der Waals surface area contributed by atoms with Gasteiger partial charge in [0.05, 0.1) is 24.6 Å². The summed E-state index contributed by atoms with van der Waals surface area (Å²) < 4.78 is 12.7. The Labute approximate surface area is 275 Å². The van der Waals surface area contributed by atoms with Crippen molar-refractivity contribution < 1.29 is 24.5 Å². The fourth-order valence-electron chi connectivity index (χ4n) is 6.39. The van der Waals surface area contributed by atoms with E-state index in [2.05, 4.69) is 37.6 Å². The molecule has 2 aromatic heterocycles. The largest absolute Gasteiger partial charge is 0.468 e. The SMILES string of the molecule is CNc1ncnc2c1ccn2[C@@H]1C[C@H](CN(CCCNCCc2cccc(Oc3ccccc3)c2)CC[C@H](N)C(=O)OC)[C@@H](O)[C@H]1O. The molecule has 12 heteroatoms. The van der Waals surface area contributed by atoms with Crippen LogP contribution in [0.15, 0.2) is 73.2 Å². The monoisotopic (exact) mass is 645 g/mol. The molecule has 0 bridgehead atoms. The normalized spacial score (nSPS) is 20.0. The van der Waals surface area contributed by atoms with Gasteiger partial charge in [0.15, 0.2) is 0 Å². The molecule has 0 saturated heterocycles. The van der Waals surface area contributed by atoms with Gasteiger partial charge in [-0.05, 0) is 81.2 Å². The highest BCUT2D eigenvalue weighted by atomic mass is 16.5. The van der Waals surface area contributed by atoms with Crippen molar-refractivity contribution in [1.29, 1.82) is 0 Å². The summed E-state index contributed by atoms with van der Waals surface area (Å²) in [5.74, 6) is 1.72. The molecule has 1 fully saturated rings. The summed E-state index contributed by atoms with van der Waals surface area (Å²) >= 11 is 0. The van der Waals surface area contributed by atoms with Crippen LogP contribution in [0.25, 0.3) is 11.0 Å². The summed E-state index contributed by atoms with van der Waals surface area (Å²) in [4.78, 5) is 22.9. The van der Waals surface area contributed by atoms with Gasteiger partial charge in [-0.2, -0.15) is 0 Å². The number of para-hydroxylation sites is 1. The second-order valence-electron chi connectivity index (χ2n) is 12.1. The lowest BCUT2D eigenvalue weighted by atomic mass is 10.0. The molecule has 1 aliphatic rings. The van der Waals surface area contributed by atoms with Crippen molar-refractivity contribution >= 4 is 22.8 Å². The van der Waals surface area contributed by atoms with Crippen molar-refractivity contribution in [3.8, 4) is 11.5 Å². The molecule has 12 nitrogen and oxygen atoms in total. The Kier molecular flexibility index (Phi) is 12.1. The number of aliphatic hydroxyl groups excluding tert-OH is 2. The smallest absolute Gasteiger partial charge is 0.322 e. The molecule has 5 atom stereocenters. The van der Waals surface area contributed by atoms with E-state index < -0.39 is 24.2 Å². The van der Waals surface area contributed by atoms with E-state index in [1.165, 1.54) is 19.0 Å². The van der Waals surface area contributed by atoms with Gasteiger partial charge in [0.1, 0.15) is 41.4 Å². The number of nitrogens with one attached hydrogen (secondary N) is 2. The Bertz CT molecular complexity index is 1570. The predicted octanol–water partition coefficient (Wildman–Crippen LogP) is 2.96. The fourth-order valence-corrected chi connectivity index (χ4v) is 6.39. The maximum absolute atomic E-state index is 12.0. The first-order valence-corrected chi connectivity index (χ1v) is 16.3. The highest BCUT2D eigenvalue weighted by Crippen LogP contribution is 2.38. The summed E-state index contributed by atoms with van der Waals surface area (Å²) in [5, 5.41) is 29.8. The Balaban J connectivity index is 1.14. The third kappa shape index (κ3) is 8.85. The number of rotatable bonds is 17. The molecule has 0 spiro atoms. The number of aliphatic hydroxyl groups is 2. The number of methoxy groups -OCH3 is 1. The van der Waals surface area contributed by atoms with E-state index in [1.54, 1.807) is 7.05 Å². The Morgan fingerprint density at radius 3 is 2.66 bits per heavy atom. The van der Waals surface area contributed by atoms with Crippen LogP contribution in [0.3, 0.4) is 0 Å². The van der Waals surface area contributed by atoms with E-state index in [4.69, 9.17) is 15.2 Å². The van der Waals surface area contributed by atoms with Crippen molar-refractivity contribution in [2.24, 2.45) is 11.7 Å². The predicted molar refractivity (Wildman–Crippen MR) is 181 cm³/mol. The van der Waals surface area contributed by atoms with E-state index in [9.17, 15) is 15.0 Å². The van der Waals surface area contributed by atoms with Crippen molar-refractivity contribution in [3.05, 3.63) is 78.8 Å². The summed E-state index contributed by atoms with van der Waals surface area (Å²) in [6.45, 7) is 3.50. The van der Waals surface area contributed by atoms with Gasteiger partial charge in [-0.3, -0.25) is 4.79 Å². The summed E-state index contributed by atoms with van der Waals surface area (Å²) in [6.07, 6.45) is 4.29. The highest BCUT2D eigenvalue weighted by molar-refractivity contribution is 5.87. The van der Waals surface area contributed by atoms with Crippen LogP contribution in [-0.2, 0) is 16.0 Å². The molecule has 252 valence electrons. The molecule has 5 rings (SSSR count). The molecule has 1 saturated carbocycles. The second-order valence-corrected chi connectivity index (χ2v) is 12.1. The zero-order chi connectivity index (χ0) is 33.2. The summed E-state index contributed by atoms with van der Waals surface area (Å²) in [5.41, 5.74) is 7.97. The first kappa shape index (κ1) is 34.3. The first-order valence-electron chi connectivity index (χ1n) is 16.3. The maximum Gasteiger partial charge on any atom is 0.322 e. The van der Waals surface area contributed by atoms with E-state index >= 15 is 0 Å². The molecule has 6 N–H and O–H groups in total. The maximum atomic E-state index is 12.0. The number of ether oxygens (including phenoxy) is 2. The Hall–Kier alpha value is -4.07. The van der Waals surface area contributed by atoms with Crippen LogP contribution >= 0.6 is 0 Å². The lowest BCUT2D eigenvalue weighted by Gasteiger charge is -2.28. The summed E-state index contributed by atoms with van der Waals surface area (Å²) in [7, 11) is 3.14. The van der Waals surface area contributed by atoms with Gasteiger partial charge in [-0.1, -0.05) is 30.3 Å². The number of carbonyl (C=O) groups is 1. The van der Waals surface area contributed by atoms with Gasteiger partial charge in [0.25, 0.3) is 0 Å². The minimum Gasteiger partial charge on any atom is -0.468 e. The molecular formula is C35H47N7O5. The molecular weight excluding hydrogens is 598 g/mol. The van der Waals surface area contributed by atoms with E-state index in [0.717, 1.165) is 49.4 Å². The molecule has 0 aliphatic heterocycles. The number of anilines is 1. The van der Waals surface area contributed by atoms with Crippen LogP contribution < -0.4 is 21.1 Å². The van der Waals surface area contributed by atoms with Crippen molar-refractivity contribution in [1.82, 2.24) is 24.8 Å². The van der Waals surface area contributed by atoms with E-state index in [1.807, 2.05) is 59.3 Å². The lowest BCUT2D eigenvalue weighted by Crippen LogP contribution is -2.41. The average Bonchev–Trinajstić information content (AvgIpc) is 3.65. The van der Waals surface area contributed by atoms with Gasteiger partial charge < -0.3 is 45.5 Å². The van der Waals surface area contributed by atoms with Gasteiger partial charge in [0.2, 0.25) is 0 Å². The number of esters is 1. The number of carbonyl (C=O) groups excluding carboxylic acids is 1. The standard InChI is InChI=1S/C35H47N7O5/c1-37-33-28-13-19-42(34(28)40-23-39-33)30-21-25(31(43)32(30)44)22-41(18-14-29(36)35(45)46-2)17-7-15-38-16-12-24-8-6-11-27(20-24)47-26-9-4-3-5-10-26/h3-6,8-11,13,19-20,23,25,29-32,38,43-44H,7,12,14-18,21-22,36H2,1-2H3,(H,37,39,40)/t25-,29+,30-,31-,32+/m1/s1. The van der Waals surface area contributed by atoms with Gasteiger partial charge >= 0.3 is 5.97 Å². The molecule has 1 aliphatic carbocycles. The average molecular weight is 646 g/mol. The zero-order valence-electron chi connectivity index (χ0n) is 27.2. The molecule has 0 radical (unpaired) electrons. The zero-order valence-corrected chi connectivity index (χ0v) is 27.2. The van der Waals surface area contributed by atoms with Crippen LogP contribution in [0.4, 0.5) is 5.82 Å². The number of hydrogen-bond donors (Lipinski definition) is 5. The number of hydrogen-bond acceptors (Lipinski definition) is 11. The van der Waals surface area contributed by atoms with E-state index in [-0.39, 0.29) is 12.0 Å². The van der Waals surface area contributed by atoms with Crippen molar-refractivity contribution in [2.75, 3.05) is 52.2 Å². The summed E-state index contributed by atoms with van der Waals surface area (Å²) in [6, 6.07) is 18.8.